The first-order chi connectivity index (χ1) is 14.7. The number of aromatic nitrogens is 2. The summed E-state index contributed by atoms with van der Waals surface area (Å²) in [5, 5.41) is 4.51. The minimum Gasteiger partial charge on any atom is -0.279 e. The summed E-state index contributed by atoms with van der Waals surface area (Å²) < 4.78 is 30.7. The van der Waals surface area contributed by atoms with Crippen molar-refractivity contribution in [2.45, 2.75) is 51.3 Å². The maximum absolute atomic E-state index is 13.3. The minimum absolute atomic E-state index is 0.0602. The second-order valence-electron chi connectivity index (χ2n) is 8.27. The molecule has 3 aromatic rings. The number of aryl methyl sites for hydroxylation is 3. The van der Waals surface area contributed by atoms with Gasteiger partial charge in [-0.25, -0.2) is 13.1 Å². The zero-order valence-corrected chi connectivity index (χ0v) is 19.1. The van der Waals surface area contributed by atoms with Crippen LogP contribution in [0.4, 0.5) is 5.69 Å². The number of benzene rings is 2. The Morgan fingerprint density at radius 3 is 2.42 bits per heavy atom. The average molecular weight is 438 g/mol. The molecule has 0 aliphatic heterocycles. The maximum Gasteiger partial charge on any atom is 0.269 e. The Morgan fingerprint density at radius 1 is 0.968 bits per heavy atom. The van der Waals surface area contributed by atoms with Crippen LogP contribution in [0.25, 0.3) is 11.3 Å². The number of sulfonamides is 1. The second-order valence-corrected chi connectivity index (χ2v) is 9.93. The third kappa shape index (κ3) is 3.90. The highest BCUT2D eigenvalue weighted by atomic mass is 32.2. The molecule has 1 N–H and O–H groups in total. The van der Waals surface area contributed by atoms with Crippen LogP contribution in [0.5, 0.6) is 0 Å². The van der Waals surface area contributed by atoms with Crippen LogP contribution in [0.1, 0.15) is 40.7 Å². The van der Waals surface area contributed by atoms with Crippen LogP contribution in [0.2, 0.25) is 0 Å². The molecule has 0 amide bonds. The minimum atomic E-state index is -3.80. The third-order valence-electron chi connectivity index (χ3n) is 6.16. The van der Waals surface area contributed by atoms with E-state index in [0.29, 0.717) is 22.5 Å². The Hall–Kier alpha value is -2.93. The SMILES string of the molecule is Cc1ccc(-c2nn(C)c(=O)c3c2CCCC3)cc1S(=O)(=O)Nc1cccc(C)c1C. The molecule has 7 heteroatoms. The summed E-state index contributed by atoms with van der Waals surface area (Å²) in [4.78, 5) is 12.7. The normalized spacial score (nSPS) is 13.7. The zero-order chi connectivity index (χ0) is 22.3. The average Bonchev–Trinajstić information content (AvgIpc) is 2.74. The molecular formula is C24H27N3O3S. The lowest BCUT2D eigenvalue weighted by atomic mass is 9.89. The van der Waals surface area contributed by atoms with E-state index in [1.807, 2.05) is 32.0 Å². The Bertz CT molecular complexity index is 1340. The van der Waals surface area contributed by atoms with Crippen LogP contribution in [0, 0.1) is 20.8 Å². The topological polar surface area (TPSA) is 81.1 Å². The third-order valence-corrected chi connectivity index (χ3v) is 7.66. The summed E-state index contributed by atoms with van der Waals surface area (Å²) in [6.07, 6.45) is 3.51. The smallest absolute Gasteiger partial charge is 0.269 e. The van der Waals surface area contributed by atoms with E-state index < -0.39 is 10.0 Å². The predicted octanol–water partition coefficient (Wildman–Crippen LogP) is 4.05. The van der Waals surface area contributed by atoms with Gasteiger partial charge in [-0.1, -0.05) is 24.3 Å². The lowest BCUT2D eigenvalue weighted by Crippen LogP contribution is -2.28. The summed E-state index contributed by atoms with van der Waals surface area (Å²) in [6, 6.07) is 10.9. The molecule has 1 heterocycles. The predicted molar refractivity (Wildman–Crippen MR) is 123 cm³/mol. The number of hydrogen-bond acceptors (Lipinski definition) is 4. The van der Waals surface area contributed by atoms with Crippen molar-refractivity contribution in [2.24, 2.45) is 7.05 Å². The van der Waals surface area contributed by atoms with E-state index in [4.69, 9.17) is 0 Å². The maximum atomic E-state index is 13.3. The zero-order valence-electron chi connectivity index (χ0n) is 18.3. The summed E-state index contributed by atoms with van der Waals surface area (Å²) >= 11 is 0. The fourth-order valence-electron chi connectivity index (χ4n) is 4.18. The van der Waals surface area contributed by atoms with Crippen molar-refractivity contribution in [1.29, 1.82) is 0 Å². The number of anilines is 1. The Morgan fingerprint density at radius 2 is 1.68 bits per heavy atom. The Kier molecular flexibility index (Phi) is 5.47. The van der Waals surface area contributed by atoms with Gasteiger partial charge in [0.25, 0.3) is 15.6 Å². The quantitative estimate of drug-likeness (QED) is 0.668. The molecule has 1 aromatic heterocycles. The van der Waals surface area contributed by atoms with Crippen molar-refractivity contribution in [2.75, 3.05) is 4.72 Å². The standard InChI is InChI=1S/C24H27N3O3S/c1-15-8-7-11-21(17(15)3)26-31(29,30)22-14-18(13-12-16(22)2)23-19-9-5-6-10-20(19)24(28)27(4)25-23/h7-8,11-14,26H,5-6,9-10H2,1-4H3. The Labute approximate surface area is 183 Å². The highest BCUT2D eigenvalue weighted by molar-refractivity contribution is 7.92. The molecule has 1 aliphatic carbocycles. The van der Waals surface area contributed by atoms with Gasteiger partial charge in [0, 0.05) is 18.2 Å². The fraction of sp³-hybridized carbons (Fsp3) is 0.333. The first-order valence-electron chi connectivity index (χ1n) is 10.5. The molecule has 162 valence electrons. The fourth-order valence-corrected chi connectivity index (χ4v) is 5.58. The largest absolute Gasteiger partial charge is 0.279 e. The van der Waals surface area contributed by atoms with E-state index in [0.717, 1.165) is 47.9 Å². The van der Waals surface area contributed by atoms with Crippen LogP contribution >= 0.6 is 0 Å². The van der Waals surface area contributed by atoms with Crippen molar-refractivity contribution < 1.29 is 8.42 Å². The first-order valence-corrected chi connectivity index (χ1v) is 12.0. The molecule has 0 saturated carbocycles. The molecule has 2 aromatic carbocycles. The lowest BCUT2D eigenvalue weighted by Gasteiger charge is -2.20. The molecule has 0 unspecified atom stereocenters. The monoisotopic (exact) mass is 437 g/mol. The summed E-state index contributed by atoms with van der Waals surface area (Å²) in [7, 11) is -2.15. The van der Waals surface area contributed by atoms with E-state index in [1.165, 1.54) is 4.68 Å². The van der Waals surface area contributed by atoms with Gasteiger partial charge >= 0.3 is 0 Å². The van der Waals surface area contributed by atoms with Gasteiger partial charge in [0.2, 0.25) is 0 Å². The molecule has 4 rings (SSSR count). The number of nitrogens with zero attached hydrogens (tertiary/aromatic N) is 2. The lowest BCUT2D eigenvalue weighted by molar-refractivity contribution is 0.600. The number of fused-ring (bicyclic) bond motifs is 1. The van der Waals surface area contributed by atoms with E-state index >= 15 is 0 Å². The number of rotatable bonds is 4. The highest BCUT2D eigenvalue weighted by Crippen LogP contribution is 2.31. The molecule has 0 fully saturated rings. The van der Waals surface area contributed by atoms with Crippen molar-refractivity contribution in [1.82, 2.24) is 9.78 Å². The van der Waals surface area contributed by atoms with Crippen molar-refractivity contribution in [3.8, 4) is 11.3 Å². The molecule has 1 aliphatic rings. The second kappa shape index (κ2) is 7.96. The van der Waals surface area contributed by atoms with Crippen LogP contribution in [0.15, 0.2) is 46.1 Å². The molecular weight excluding hydrogens is 410 g/mol. The van der Waals surface area contributed by atoms with Crippen LogP contribution < -0.4 is 10.3 Å². The molecule has 0 bridgehead atoms. The van der Waals surface area contributed by atoms with Crippen molar-refractivity contribution in [3.63, 3.8) is 0 Å². The van der Waals surface area contributed by atoms with E-state index in [9.17, 15) is 13.2 Å². The molecule has 31 heavy (non-hydrogen) atoms. The first kappa shape index (κ1) is 21.3. The van der Waals surface area contributed by atoms with Crippen LogP contribution in [0.3, 0.4) is 0 Å². The highest BCUT2D eigenvalue weighted by Gasteiger charge is 2.23. The summed E-state index contributed by atoms with van der Waals surface area (Å²) in [5.74, 6) is 0. The van der Waals surface area contributed by atoms with Gasteiger partial charge in [-0.2, -0.15) is 5.10 Å². The van der Waals surface area contributed by atoms with Gasteiger partial charge in [-0.15, -0.1) is 0 Å². The van der Waals surface area contributed by atoms with E-state index in [2.05, 4.69) is 9.82 Å². The van der Waals surface area contributed by atoms with Crippen LogP contribution in [-0.2, 0) is 29.9 Å². The summed E-state index contributed by atoms with van der Waals surface area (Å²) in [5.41, 5.74) is 6.24. The van der Waals surface area contributed by atoms with E-state index in [1.54, 1.807) is 32.2 Å². The van der Waals surface area contributed by atoms with Gasteiger partial charge in [0.1, 0.15) is 0 Å². The molecule has 0 saturated heterocycles. The van der Waals surface area contributed by atoms with Gasteiger partial charge in [0.15, 0.2) is 0 Å². The number of hydrogen-bond donors (Lipinski definition) is 1. The number of nitrogens with one attached hydrogen (secondary N) is 1. The molecule has 0 atom stereocenters. The Balaban J connectivity index is 1.83. The van der Waals surface area contributed by atoms with Gasteiger partial charge in [-0.3, -0.25) is 9.52 Å². The van der Waals surface area contributed by atoms with Crippen LogP contribution in [-0.4, -0.2) is 18.2 Å². The van der Waals surface area contributed by atoms with Crippen molar-refractivity contribution in [3.05, 3.63) is 74.6 Å². The molecule has 0 radical (unpaired) electrons. The van der Waals surface area contributed by atoms with Gasteiger partial charge in [-0.05, 0) is 80.8 Å². The van der Waals surface area contributed by atoms with Crippen molar-refractivity contribution >= 4 is 15.7 Å². The summed E-state index contributed by atoms with van der Waals surface area (Å²) in [6.45, 7) is 5.63. The van der Waals surface area contributed by atoms with E-state index in [-0.39, 0.29) is 10.5 Å². The molecule has 6 nitrogen and oxygen atoms in total. The van der Waals surface area contributed by atoms with Gasteiger partial charge in [0.05, 0.1) is 16.3 Å². The van der Waals surface area contributed by atoms with Gasteiger partial charge < -0.3 is 0 Å². The molecule has 0 spiro atoms.